The van der Waals surface area contributed by atoms with Gasteiger partial charge in [-0.25, -0.2) is 0 Å². The topological polar surface area (TPSA) is 46.0 Å². The van der Waals surface area contributed by atoms with Crippen LogP contribution in [-0.2, 0) is 6.54 Å². The summed E-state index contributed by atoms with van der Waals surface area (Å²) in [5.41, 5.74) is 3.14. The van der Waals surface area contributed by atoms with Crippen molar-refractivity contribution in [1.82, 2.24) is 14.2 Å². The lowest BCUT2D eigenvalue weighted by Crippen LogP contribution is -2.38. The van der Waals surface area contributed by atoms with Crippen LogP contribution in [0.3, 0.4) is 0 Å². The van der Waals surface area contributed by atoms with Crippen molar-refractivity contribution in [1.29, 1.82) is 0 Å². The summed E-state index contributed by atoms with van der Waals surface area (Å²) in [4.78, 5) is 15.9. The molecule has 0 spiro atoms. The Morgan fingerprint density at radius 3 is 2.95 bits per heavy atom. The number of H-pyrrole nitrogens is 1. The zero-order valence-corrected chi connectivity index (χ0v) is 12.0. The third-order valence-corrected chi connectivity index (χ3v) is 4.02. The fraction of sp³-hybridized carbons (Fsp3) is 0.188. The summed E-state index contributed by atoms with van der Waals surface area (Å²) in [6.07, 6.45) is 11.7. The third-order valence-electron chi connectivity index (χ3n) is 4.02. The summed E-state index contributed by atoms with van der Waals surface area (Å²) in [6, 6.07) is 1.91. The van der Waals surface area contributed by atoms with E-state index in [1.807, 2.05) is 60.6 Å². The Labute approximate surface area is 121 Å². The molecule has 1 N–H and O–H groups in total. The Bertz CT molecular complexity index is 968. The van der Waals surface area contributed by atoms with Gasteiger partial charge >= 0.3 is 0 Å². The summed E-state index contributed by atoms with van der Waals surface area (Å²) < 4.78 is 4.09. The zero-order valence-electron chi connectivity index (χ0n) is 12.0. The molecule has 0 saturated carbocycles. The molecular weight excluding hydrogens is 264 g/mol. The highest BCUT2D eigenvalue weighted by atomic mass is 16.1. The van der Waals surface area contributed by atoms with E-state index in [9.17, 15) is 4.79 Å². The molecule has 0 saturated heterocycles. The molecule has 0 radical (unpaired) electrons. The van der Waals surface area contributed by atoms with Crippen LogP contribution in [0, 0.1) is 0 Å². The SMILES string of the molecule is CN(C)n1ccc2c3c(c[nH]cc1-3)n1c(c2=O)=CC=CC1. The van der Waals surface area contributed by atoms with E-state index < -0.39 is 0 Å². The van der Waals surface area contributed by atoms with Gasteiger partial charge in [-0.05, 0) is 12.1 Å². The van der Waals surface area contributed by atoms with E-state index in [-0.39, 0.29) is 5.43 Å². The fourth-order valence-corrected chi connectivity index (χ4v) is 3.07. The van der Waals surface area contributed by atoms with Gasteiger partial charge in [-0.15, -0.1) is 0 Å². The largest absolute Gasteiger partial charge is 0.364 e. The van der Waals surface area contributed by atoms with Gasteiger partial charge in [0.15, 0.2) is 0 Å². The summed E-state index contributed by atoms with van der Waals surface area (Å²) >= 11 is 0. The second kappa shape index (κ2) is 4.15. The molecule has 106 valence electrons. The maximum absolute atomic E-state index is 12.7. The van der Waals surface area contributed by atoms with Gasteiger partial charge in [0.1, 0.15) is 0 Å². The number of fused-ring (bicyclic) bond motifs is 2. The Morgan fingerprint density at radius 2 is 2.14 bits per heavy atom. The molecule has 1 aromatic rings. The number of aromatic amines is 1. The standard InChI is InChI=1S/C16H16N4O/c1-18(2)20-8-6-11-15-13(9-17-10-14(15)20)19-7-4-3-5-12(19)16(11)21/h3-6,8-10,17H,7H2,1-2H3. The van der Waals surface area contributed by atoms with E-state index in [2.05, 4.69) is 15.6 Å². The lowest BCUT2D eigenvalue weighted by Gasteiger charge is -2.25. The summed E-state index contributed by atoms with van der Waals surface area (Å²) in [5.74, 6) is 0. The third kappa shape index (κ3) is 1.54. The van der Waals surface area contributed by atoms with E-state index in [1.165, 1.54) is 0 Å². The molecular formula is C16H16N4O. The van der Waals surface area contributed by atoms with Crippen LogP contribution >= 0.6 is 0 Å². The molecule has 0 aliphatic carbocycles. The molecule has 0 amide bonds. The average molecular weight is 280 g/mol. The molecule has 21 heavy (non-hydrogen) atoms. The van der Waals surface area contributed by atoms with Crippen LogP contribution in [0.2, 0.25) is 0 Å². The maximum atomic E-state index is 12.7. The van der Waals surface area contributed by atoms with Crippen LogP contribution in [0.5, 0.6) is 0 Å². The minimum Gasteiger partial charge on any atom is -0.364 e. The van der Waals surface area contributed by atoms with E-state index in [4.69, 9.17) is 0 Å². The van der Waals surface area contributed by atoms with E-state index in [0.717, 1.165) is 34.1 Å². The van der Waals surface area contributed by atoms with E-state index in [0.29, 0.717) is 0 Å². The van der Waals surface area contributed by atoms with Gasteiger partial charge < -0.3 is 14.6 Å². The maximum Gasteiger partial charge on any atom is 0.210 e. The Hall–Kier alpha value is -2.69. The molecule has 4 rings (SSSR count). The van der Waals surface area contributed by atoms with Gasteiger partial charge in [0.25, 0.3) is 0 Å². The molecule has 0 bridgehead atoms. The Kier molecular flexibility index (Phi) is 2.39. The van der Waals surface area contributed by atoms with Gasteiger partial charge in [0.05, 0.1) is 16.6 Å². The fourth-order valence-electron chi connectivity index (χ4n) is 3.07. The van der Waals surface area contributed by atoms with Gasteiger partial charge in [0, 0.05) is 50.2 Å². The van der Waals surface area contributed by atoms with E-state index in [1.54, 1.807) is 0 Å². The van der Waals surface area contributed by atoms with Crippen LogP contribution in [0.25, 0.3) is 28.2 Å². The lowest BCUT2D eigenvalue weighted by molar-refractivity contribution is 0.728. The highest BCUT2D eigenvalue weighted by molar-refractivity contribution is 5.93. The van der Waals surface area contributed by atoms with Crippen molar-refractivity contribution >= 4 is 17.0 Å². The molecule has 5 nitrogen and oxygen atoms in total. The molecule has 4 heterocycles. The normalized spacial score (nSPS) is 13.4. The second-order valence-electron chi connectivity index (χ2n) is 5.44. The number of rotatable bonds is 1. The first-order chi connectivity index (χ1) is 10.2. The number of nitrogens with zero attached hydrogens (tertiary/aromatic N) is 3. The molecule has 5 heteroatoms. The van der Waals surface area contributed by atoms with Crippen molar-refractivity contribution in [2.75, 3.05) is 19.1 Å². The number of allylic oxidation sites excluding steroid dienone is 2. The van der Waals surface area contributed by atoms with Crippen molar-refractivity contribution in [3.8, 4) is 11.3 Å². The monoisotopic (exact) mass is 280 g/mol. The van der Waals surface area contributed by atoms with Crippen molar-refractivity contribution in [3.05, 3.63) is 52.4 Å². The van der Waals surface area contributed by atoms with Crippen LogP contribution in [-0.4, -0.2) is 28.3 Å². The molecule has 0 atom stereocenters. The van der Waals surface area contributed by atoms with Crippen molar-refractivity contribution in [2.45, 2.75) is 6.54 Å². The minimum absolute atomic E-state index is 0.0916. The second-order valence-corrected chi connectivity index (χ2v) is 5.44. The first-order valence-electron chi connectivity index (χ1n) is 6.93. The van der Waals surface area contributed by atoms with Crippen molar-refractivity contribution in [3.63, 3.8) is 0 Å². The first-order valence-corrected chi connectivity index (χ1v) is 6.93. The summed E-state index contributed by atoms with van der Waals surface area (Å²) in [6.45, 7) is 0.723. The summed E-state index contributed by atoms with van der Waals surface area (Å²) in [7, 11) is 3.96. The van der Waals surface area contributed by atoms with Crippen molar-refractivity contribution in [2.24, 2.45) is 0 Å². The molecule has 3 aliphatic heterocycles. The van der Waals surface area contributed by atoms with Crippen LogP contribution in [0.1, 0.15) is 0 Å². The quantitative estimate of drug-likeness (QED) is 0.724. The van der Waals surface area contributed by atoms with Gasteiger partial charge in [-0.1, -0.05) is 12.2 Å². The highest BCUT2D eigenvalue weighted by Crippen LogP contribution is 2.29. The molecule has 1 aromatic heterocycles. The molecule has 0 aromatic carbocycles. The number of hydrogen-bond acceptors (Lipinski definition) is 2. The number of aromatic nitrogens is 3. The van der Waals surface area contributed by atoms with Gasteiger partial charge in [0.2, 0.25) is 5.43 Å². The Balaban J connectivity index is 2.28. The predicted octanol–water partition coefficient (Wildman–Crippen LogP) is 1.06. The van der Waals surface area contributed by atoms with E-state index >= 15 is 0 Å². The molecule has 0 unspecified atom stereocenters. The number of pyridine rings is 3. The lowest BCUT2D eigenvalue weighted by atomic mass is 10.0. The van der Waals surface area contributed by atoms with Gasteiger partial charge in [-0.3, -0.25) is 9.47 Å². The van der Waals surface area contributed by atoms with Gasteiger partial charge in [-0.2, -0.15) is 0 Å². The van der Waals surface area contributed by atoms with Crippen LogP contribution < -0.4 is 15.8 Å². The smallest absolute Gasteiger partial charge is 0.210 e. The van der Waals surface area contributed by atoms with Crippen LogP contribution in [0.15, 0.2) is 41.6 Å². The highest BCUT2D eigenvalue weighted by Gasteiger charge is 2.19. The zero-order chi connectivity index (χ0) is 14.6. The van der Waals surface area contributed by atoms with Crippen molar-refractivity contribution < 1.29 is 0 Å². The summed E-state index contributed by atoms with van der Waals surface area (Å²) in [5, 5.41) is 3.50. The molecule has 3 aliphatic rings. The molecule has 0 fully saturated rings. The number of nitrogens with one attached hydrogen (secondary N) is 1. The minimum atomic E-state index is 0.0916. The first kappa shape index (κ1) is 12.1. The van der Waals surface area contributed by atoms with Crippen LogP contribution in [0.4, 0.5) is 0 Å². The predicted molar refractivity (Wildman–Crippen MR) is 84.9 cm³/mol. The number of hydrogen-bond donors (Lipinski definition) is 1. The Morgan fingerprint density at radius 1 is 1.29 bits per heavy atom. The average Bonchev–Trinajstić information content (AvgIpc) is 2.51.